The zero-order chi connectivity index (χ0) is 27.9. The van der Waals surface area contributed by atoms with Crippen LogP contribution in [0.4, 0.5) is 22.7 Å². The van der Waals surface area contributed by atoms with Crippen molar-refractivity contribution in [3.8, 4) is 5.75 Å². The first-order valence-electron chi connectivity index (χ1n) is 14.2. The van der Waals surface area contributed by atoms with Crippen molar-refractivity contribution in [3.05, 3.63) is 41.5 Å². The summed E-state index contributed by atoms with van der Waals surface area (Å²) in [6.07, 6.45) is 5.57. The van der Waals surface area contributed by atoms with Gasteiger partial charge in [-0.1, -0.05) is 0 Å². The molecule has 1 atom stereocenters. The number of carbonyl (C=O) groups is 1. The van der Waals surface area contributed by atoms with Gasteiger partial charge in [-0.05, 0) is 68.4 Å². The first-order valence-corrected chi connectivity index (χ1v) is 15.9. The predicted molar refractivity (Wildman–Crippen MR) is 155 cm³/mol. The molecule has 3 N–H and O–H groups in total. The van der Waals surface area contributed by atoms with Crippen LogP contribution in [0.1, 0.15) is 48.5 Å². The number of sulfonamides is 1. The van der Waals surface area contributed by atoms with Crippen LogP contribution in [-0.2, 0) is 21.2 Å². The van der Waals surface area contributed by atoms with Crippen molar-refractivity contribution in [3.63, 3.8) is 0 Å². The van der Waals surface area contributed by atoms with Crippen molar-refractivity contribution in [1.29, 1.82) is 0 Å². The molecule has 1 aliphatic carbocycles. The minimum atomic E-state index is -3.69. The molecule has 6 rings (SSSR count). The monoisotopic (exact) mass is 570 g/mol. The molecular formula is C29H38N4O6S. The topological polar surface area (TPSA) is 120 Å². The minimum absolute atomic E-state index is 0.110. The summed E-state index contributed by atoms with van der Waals surface area (Å²) in [5, 5.41) is 12.3. The normalized spacial score (nSPS) is 21.6. The van der Waals surface area contributed by atoms with E-state index in [2.05, 4.69) is 26.8 Å². The van der Waals surface area contributed by atoms with Crippen molar-refractivity contribution < 1.29 is 27.8 Å². The highest BCUT2D eigenvalue weighted by Crippen LogP contribution is 2.54. The smallest absolute Gasteiger partial charge is 0.257 e. The minimum Gasteiger partial charge on any atom is -0.491 e. The molecule has 1 spiro atoms. The Balaban J connectivity index is 1.29. The van der Waals surface area contributed by atoms with E-state index >= 15 is 0 Å². The molecule has 0 radical (unpaired) electrons. The van der Waals surface area contributed by atoms with Gasteiger partial charge in [0.1, 0.15) is 5.75 Å². The maximum Gasteiger partial charge on any atom is 0.257 e. The molecule has 3 aliphatic heterocycles. The second-order valence-corrected chi connectivity index (χ2v) is 13.4. The summed E-state index contributed by atoms with van der Waals surface area (Å²) in [6, 6.07) is 9.00. The third-order valence-electron chi connectivity index (χ3n) is 8.60. The Hall–Kier alpha value is -3.02. The van der Waals surface area contributed by atoms with E-state index in [1.807, 2.05) is 12.1 Å². The molecule has 0 aromatic heterocycles. The molecule has 2 aromatic rings. The summed E-state index contributed by atoms with van der Waals surface area (Å²) in [5.41, 5.74) is 4.80. The second-order valence-electron chi connectivity index (χ2n) is 11.5. The van der Waals surface area contributed by atoms with Crippen molar-refractivity contribution in [2.75, 3.05) is 71.6 Å². The number of anilines is 4. The lowest BCUT2D eigenvalue weighted by Crippen LogP contribution is -2.41. The Bertz CT molecular complexity index is 1380. The van der Waals surface area contributed by atoms with Crippen molar-refractivity contribution in [1.82, 2.24) is 0 Å². The number of aliphatic hydroxyl groups excluding tert-OH is 1. The molecule has 40 heavy (non-hydrogen) atoms. The number of ether oxygens (including phenoxy) is 2. The van der Waals surface area contributed by atoms with Gasteiger partial charge in [-0.15, -0.1) is 0 Å². The van der Waals surface area contributed by atoms with Gasteiger partial charge in [0.05, 0.1) is 54.3 Å². The molecule has 3 heterocycles. The maximum atomic E-state index is 13.8. The molecule has 1 saturated carbocycles. The Morgan fingerprint density at radius 2 is 1.80 bits per heavy atom. The number of amides is 1. The van der Waals surface area contributed by atoms with Gasteiger partial charge < -0.3 is 29.7 Å². The molecule has 216 valence electrons. The van der Waals surface area contributed by atoms with Crippen molar-refractivity contribution in [2.24, 2.45) is 5.41 Å². The average molecular weight is 571 g/mol. The van der Waals surface area contributed by atoms with Crippen LogP contribution in [0.5, 0.6) is 5.75 Å². The van der Waals surface area contributed by atoms with Crippen LogP contribution in [0.15, 0.2) is 30.3 Å². The van der Waals surface area contributed by atoms with Gasteiger partial charge in [-0.3, -0.25) is 9.52 Å². The summed E-state index contributed by atoms with van der Waals surface area (Å²) in [6.45, 7) is 6.00. The number of benzene rings is 2. The van der Waals surface area contributed by atoms with Gasteiger partial charge >= 0.3 is 0 Å². The standard InChI is InChI=1S/C29H38N4O6S/c1-20-19-33(11-14-38-20)26-18-23(16-21-4-13-39-27(21)26)30-28(35)24-3-2-22(31-40(36,37)15-12-34)17-25(24)32-9-7-29(5-6-29)8-10-32/h2-3,16-18,20,31,34H,4-15,19H2,1H3,(H,30,35)/t20-/m0/s1. The molecule has 0 unspecified atom stereocenters. The van der Waals surface area contributed by atoms with E-state index in [-0.39, 0.29) is 17.8 Å². The van der Waals surface area contributed by atoms with Crippen molar-refractivity contribution >= 4 is 38.7 Å². The first-order chi connectivity index (χ1) is 19.2. The van der Waals surface area contributed by atoms with Gasteiger partial charge in [0.15, 0.2) is 0 Å². The molecule has 2 aromatic carbocycles. The molecular weight excluding hydrogens is 532 g/mol. The van der Waals surface area contributed by atoms with E-state index in [0.717, 1.165) is 62.4 Å². The fraction of sp³-hybridized carbons (Fsp3) is 0.552. The van der Waals surface area contributed by atoms with Crippen LogP contribution in [-0.4, -0.2) is 77.3 Å². The van der Waals surface area contributed by atoms with Gasteiger partial charge in [0.2, 0.25) is 10.0 Å². The van der Waals surface area contributed by atoms with E-state index in [0.29, 0.717) is 41.3 Å². The number of fused-ring (bicyclic) bond motifs is 1. The Labute approximate surface area is 235 Å². The number of rotatable bonds is 8. The molecule has 10 nitrogen and oxygen atoms in total. The number of hydrogen-bond donors (Lipinski definition) is 3. The zero-order valence-corrected chi connectivity index (χ0v) is 23.8. The molecule has 11 heteroatoms. The maximum absolute atomic E-state index is 13.8. The highest BCUT2D eigenvalue weighted by Gasteiger charge is 2.44. The highest BCUT2D eigenvalue weighted by molar-refractivity contribution is 7.92. The Morgan fingerprint density at radius 3 is 2.52 bits per heavy atom. The van der Waals surface area contributed by atoms with E-state index < -0.39 is 16.6 Å². The SMILES string of the molecule is C[C@H]1CN(c2cc(NC(=O)c3ccc(NS(=O)(=O)CCO)cc3N3CCC4(CC3)CC4)cc3c2OCC3)CCO1. The van der Waals surface area contributed by atoms with Crippen LogP contribution < -0.4 is 24.6 Å². The number of aliphatic hydroxyl groups is 1. The fourth-order valence-corrected chi connectivity index (χ4v) is 6.96. The quantitative estimate of drug-likeness (QED) is 0.443. The summed E-state index contributed by atoms with van der Waals surface area (Å²) < 4.78 is 38.9. The van der Waals surface area contributed by atoms with E-state index in [4.69, 9.17) is 14.6 Å². The Morgan fingerprint density at radius 1 is 1.02 bits per heavy atom. The lowest BCUT2D eigenvalue weighted by atomic mass is 9.93. The molecule has 2 saturated heterocycles. The third kappa shape index (κ3) is 5.73. The lowest BCUT2D eigenvalue weighted by molar-refractivity contribution is 0.0530. The third-order valence-corrected chi connectivity index (χ3v) is 9.87. The van der Waals surface area contributed by atoms with Crippen molar-refractivity contribution in [2.45, 2.75) is 45.1 Å². The molecule has 3 fully saturated rings. The first kappa shape index (κ1) is 27.2. The zero-order valence-electron chi connectivity index (χ0n) is 22.9. The molecule has 1 amide bonds. The summed E-state index contributed by atoms with van der Waals surface area (Å²) in [4.78, 5) is 18.2. The average Bonchev–Trinajstić information content (AvgIpc) is 3.50. The van der Waals surface area contributed by atoms with Crippen LogP contribution in [0, 0.1) is 5.41 Å². The van der Waals surface area contributed by atoms with Gasteiger partial charge in [0.25, 0.3) is 5.91 Å². The molecule has 0 bridgehead atoms. The highest BCUT2D eigenvalue weighted by atomic mass is 32.2. The summed E-state index contributed by atoms with van der Waals surface area (Å²) in [5.74, 6) is 0.254. The number of carbonyl (C=O) groups excluding carboxylic acids is 1. The summed E-state index contributed by atoms with van der Waals surface area (Å²) >= 11 is 0. The number of nitrogens with zero attached hydrogens (tertiary/aromatic N) is 2. The van der Waals surface area contributed by atoms with Gasteiger partial charge in [-0.25, -0.2) is 8.42 Å². The fourth-order valence-electron chi connectivity index (χ4n) is 6.13. The van der Waals surface area contributed by atoms with Crippen LogP contribution in [0.2, 0.25) is 0 Å². The second kappa shape index (κ2) is 10.8. The number of morpholine rings is 1. The van der Waals surface area contributed by atoms with Gasteiger partial charge in [0, 0.05) is 43.9 Å². The predicted octanol–water partition coefficient (Wildman–Crippen LogP) is 3.21. The Kier molecular flexibility index (Phi) is 7.30. The lowest BCUT2D eigenvalue weighted by Gasteiger charge is -2.35. The largest absolute Gasteiger partial charge is 0.491 e. The van der Waals surface area contributed by atoms with E-state index in [9.17, 15) is 13.2 Å². The number of nitrogens with one attached hydrogen (secondary N) is 2. The number of hydrogen-bond acceptors (Lipinski definition) is 8. The molecule has 4 aliphatic rings. The number of piperidine rings is 1. The van der Waals surface area contributed by atoms with Crippen LogP contribution >= 0.6 is 0 Å². The van der Waals surface area contributed by atoms with Crippen LogP contribution in [0.3, 0.4) is 0 Å². The van der Waals surface area contributed by atoms with E-state index in [1.54, 1.807) is 18.2 Å². The van der Waals surface area contributed by atoms with E-state index in [1.165, 1.54) is 12.8 Å². The van der Waals surface area contributed by atoms with Gasteiger partial charge in [-0.2, -0.15) is 0 Å². The summed E-state index contributed by atoms with van der Waals surface area (Å²) in [7, 11) is -3.69. The van der Waals surface area contributed by atoms with Crippen LogP contribution in [0.25, 0.3) is 0 Å².